The second kappa shape index (κ2) is 6.42. The molecule has 1 heterocycles. The van der Waals surface area contributed by atoms with Gasteiger partial charge in [-0.3, -0.25) is 4.79 Å². The topological polar surface area (TPSA) is 20.3 Å². The van der Waals surface area contributed by atoms with E-state index >= 15 is 0 Å². The smallest absolute Gasteiger partial charge is 0.226 e. The Hall–Kier alpha value is -1.51. The molecule has 0 spiro atoms. The molecular formula is C20H19Cl2NO. The summed E-state index contributed by atoms with van der Waals surface area (Å²) in [5, 5.41) is 1.31. The van der Waals surface area contributed by atoms with Crippen LogP contribution in [0.1, 0.15) is 35.6 Å². The van der Waals surface area contributed by atoms with Crippen molar-refractivity contribution in [2.75, 3.05) is 6.54 Å². The molecule has 1 saturated heterocycles. The van der Waals surface area contributed by atoms with Crippen molar-refractivity contribution in [3.05, 3.63) is 69.2 Å². The van der Waals surface area contributed by atoms with Gasteiger partial charge in [0.05, 0.1) is 6.04 Å². The third kappa shape index (κ3) is 2.72. The lowest BCUT2D eigenvalue weighted by Crippen LogP contribution is -2.31. The molecule has 1 aliphatic carbocycles. The van der Waals surface area contributed by atoms with E-state index in [1.54, 1.807) is 0 Å². The second-order valence-corrected chi connectivity index (χ2v) is 7.49. The number of fused-ring (bicyclic) bond motifs is 1. The number of amides is 1. The van der Waals surface area contributed by atoms with E-state index in [0.29, 0.717) is 16.5 Å². The number of carbonyl (C=O) groups excluding carboxylic acids is 1. The molecule has 0 bridgehead atoms. The zero-order valence-corrected chi connectivity index (χ0v) is 14.9. The fraction of sp³-hybridized carbons (Fsp3) is 0.350. The van der Waals surface area contributed by atoms with Crippen molar-refractivity contribution in [1.29, 1.82) is 0 Å². The van der Waals surface area contributed by atoms with Crippen LogP contribution < -0.4 is 0 Å². The average molecular weight is 360 g/mol. The van der Waals surface area contributed by atoms with Crippen LogP contribution in [0.3, 0.4) is 0 Å². The van der Waals surface area contributed by atoms with Crippen LogP contribution in [-0.4, -0.2) is 17.4 Å². The molecule has 2 atom stereocenters. The molecule has 2 unspecified atom stereocenters. The molecule has 0 N–H and O–H groups in total. The van der Waals surface area contributed by atoms with Crippen LogP contribution in [0.25, 0.3) is 0 Å². The monoisotopic (exact) mass is 359 g/mol. The molecule has 2 aliphatic rings. The van der Waals surface area contributed by atoms with Crippen LogP contribution in [0.4, 0.5) is 0 Å². The molecule has 4 heteroatoms. The lowest BCUT2D eigenvalue weighted by Gasteiger charge is -2.25. The maximum absolute atomic E-state index is 13.0. The molecule has 1 fully saturated rings. The molecule has 24 heavy (non-hydrogen) atoms. The maximum atomic E-state index is 13.0. The summed E-state index contributed by atoms with van der Waals surface area (Å²) < 4.78 is 0. The number of hydrogen-bond donors (Lipinski definition) is 0. The first kappa shape index (κ1) is 16.0. The molecule has 2 nitrogen and oxygen atoms in total. The van der Waals surface area contributed by atoms with Gasteiger partial charge in [-0.2, -0.15) is 0 Å². The number of nitrogens with zero attached hydrogens (tertiary/aromatic N) is 1. The summed E-state index contributed by atoms with van der Waals surface area (Å²) in [4.78, 5) is 15.0. The highest BCUT2D eigenvalue weighted by Crippen LogP contribution is 2.40. The molecule has 0 saturated carbocycles. The van der Waals surface area contributed by atoms with Crippen molar-refractivity contribution in [3.8, 4) is 0 Å². The number of carbonyl (C=O) groups is 1. The minimum absolute atomic E-state index is 0.0184. The van der Waals surface area contributed by atoms with Crippen molar-refractivity contribution >= 4 is 29.1 Å². The molecule has 4 rings (SSSR count). The van der Waals surface area contributed by atoms with Crippen molar-refractivity contribution in [1.82, 2.24) is 4.90 Å². The zero-order chi connectivity index (χ0) is 16.7. The van der Waals surface area contributed by atoms with Crippen molar-refractivity contribution in [3.63, 3.8) is 0 Å². The van der Waals surface area contributed by atoms with Crippen LogP contribution in [0.5, 0.6) is 0 Å². The van der Waals surface area contributed by atoms with Gasteiger partial charge in [-0.1, -0.05) is 53.5 Å². The van der Waals surface area contributed by atoms with Gasteiger partial charge in [0.15, 0.2) is 0 Å². The van der Waals surface area contributed by atoms with E-state index in [1.165, 1.54) is 11.1 Å². The summed E-state index contributed by atoms with van der Waals surface area (Å²) in [5.41, 5.74) is 3.60. The Balaban J connectivity index is 1.53. The first-order valence-electron chi connectivity index (χ1n) is 8.46. The summed E-state index contributed by atoms with van der Waals surface area (Å²) in [5.74, 6) is 0.225. The van der Waals surface area contributed by atoms with Gasteiger partial charge in [-0.05, 0) is 54.5 Å². The highest BCUT2D eigenvalue weighted by atomic mass is 35.5. The summed E-state index contributed by atoms with van der Waals surface area (Å²) in [6.07, 6.45) is 3.59. The molecule has 1 aliphatic heterocycles. The van der Waals surface area contributed by atoms with Crippen LogP contribution >= 0.6 is 23.2 Å². The normalized spacial score (nSPS) is 22.9. The van der Waals surface area contributed by atoms with Crippen LogP contribution in [0.2, 0.25) is 10.0 Å². The Morgan fingerprint density at radius 1 is 1.00 bits per heavy atom. The van der Waals surface area contributed by atoms with E-state index in [2.05, 4.69) is 29.2 Å². The van der Waals surface area contributed by atoms with Gasteiger partial charge in [-0.15, -0.1) is 0 Å². The van der Waals surface area contributed by atoms with Gasteiger partial charge < -0.3 is 4.90 Å². The van der Waals surface area contributed by atoms with Gasteiger partial charge in [-0.25, -0.2) is 0 Å². The minimum Gasteiger partial charge on any atom is -0.335 e. The van der Waals surface area contributed by atoms with E-state index in [0.717, 1.165) is 31.4 Å². The fourth-order valence-corrected chi connectivity index (χ4v) is 4.65. The van der Waals surface area contributed by atoms with Crippen LogP contribution in [0, 0.1) is 5.92 Å². The number of rotatable bonds is 3. The Morgan fingerprint density at radius 3 is 2.54 bits per heavy atom. The summed E-state index contributed by atoms with van der Waals surface area (Å²) in [7, 11) is 0. The van der Waals surface area contributed by atoms with Gasteiger partial charge in [0.2, 0.25) is 5.91 Å². The zero-order valence-electron chi connectivity index (χ0n) is 13.3. The Labute approximate surface area is 152 Å². The Bertz CT molecular complexity index is 769. The maximum Gasteiger partial charge on any atom is 0.226 e. The summed E-state index contributed by atoms with van der Waals surface area (Å²) in [6.45, 7) is 0.824. The van der Waals surface area contributed by atoms with E-state index in [1.807, 2.05) is 18.2 Å². The Kier molecular flexibility index (Phi) is 4.28. The van der Waals surface area contributed by atoms with E-state index in [-0.39, 0.29) is 17.9 Å². The van der Waals surface area contributed by atoms with Gasteiger partial charge in [0, 0.05) is 22.5 Å². The van der Waals surface area contributed by atoms with Gasteiger partial charge in [0.25, 0.3) is 0 Å². The molecule has 0 aromatic heterocycles. The fourth-order valence-electron chi connectivity index (χ4n) is 4.09. The van der Waals surface area contributed by atoms with Crippen molar-refractivity contribution in [2.45, 2.75) is 31.7 Å². The third-order valence-corrected chi connectivity index (χ3v) is 6.05. The van der Waals surface area contributed by atoms with Crippen molar-refractivity contribution in [2.24, 2.45) is 5.92 Å². The van der Waals surface area contributed by atoms with Crippen LogP contribution in [-0.2, 0) is 17.6 Å². The third-order valence-electron chi connectivity index (χ3n) is 5.34. The molecule has 1 amide bonds. The predicted molar refractivity (Wildman–Crippen MR) is 97.5 cm³/mol. The number of benzene rings is 2. The number of halogens is 2. The quantitative estimate of drug-likeness (QED) is 0.748. The van der Waals surface area contributed by atoms with E-state index in [9.17, 15) is 4.79 Å². The standard InChI is InChI=1S/C20H19Cl2NO/c21-17-6-3-7-18(22)16(17)12-14-10-11-23(20(14)24)19-9-8-13-4-1-2-5-15(13)19/h1-7,14,19H,8-12H2. The summed E-state index contributed by atoms with van der Waals surface area (Å²) in [6, 6.07) is 14.2. The number of hydrogen-bond acceptors (Lipinski definition) is 1. The second-order valence-electron chi connectivity index (χ2n) is 6.67. The molecule has 0 radical (unpaired) electrons. The lowest BCUT2D eigenvalue weighted by atomic mass is 9.98. The highest BCUT2D eigenvalue weighted by Gasteiger charge is 2.39. The molecule has 2 aromatic carbocycles. The van der Waals surface area contributed by atoms with Gasteiger partial charge in [0.1, 0.15) is 0 Å². The Morgan fingerprint density at radius 2 is 1.75 bits per heavy atom. The lowest BCUT2D eigenvalue weighted by molar-refractivity contribution is -0.133. The molecular weight excluding hydrogens is 341 g/mol. The first-order valence-corrected chi connectivity index (χ1v) is 9.22. The highest BCUT2D eigenvalue weighted by molar-refractivity contribution is 6.36. The minimum atomic E-state index is -0.0184. The first-order chi connectivity index (χ1) is 11.6. The number of likely N-dealkylation sites (tertiary alicyclic amines) is 1. The molecule has 124 valence electrons. The van der Waals surface area contributed by atoms with Gasteiger partial charge >= 0.3 is 0 Å². The van der Waals surface area contributed by atoms with Crippen molar-refractivity contribution < 1.29 is 4.79 Å². The van der Waals surface area contributed by atoms with E-state index in [4.69, 9.17) is 23.2 Å². The summed E-state index contributed by atoms with van der Waals surface area (Å²) >= 11 is 12.6. The average Bonchev–Trinajstić information content (AvgIpc) is 3.15. The largest absolute Gasteiger partial charge is 0.335 e. The SMILES string of the molecule is O=C1C(Cc2c(Cl)cccc2Cl)CCN1C1CCc2ccccc21. The number of aryl methyl sites for hydroxylation is 1. The predicted octanol–water partition coefficient (Wildman–Crippen LogP) is 5.07. The van der Waals surface area contributed by atoms with Crippen LogP contribution in [0.15, 0.2) is 42.5 Å². The molecule has 2 aromatic rings. The van der Waals surface area contributed by atoms with E-state index < -0.39 is 0 Å².